The molecule has 1 aliphatic carbocycles. The Morgan fingerprint density at radius 3 is 2.41 bits per heavy atom. The Hall–Kier alpha value is -3.80. The van der Waals surface area contributed by atoms with Crippen molar-refractivity contribution in [1.82, 2.24) is 4.90 Å². The zero-order valence-corrected chi connectivity index (χ0v) is 21.5. The van der Waals surface area contributed by atoms with Gasteiger partial charge >= 0.3 is 5.97 Å². The third kappa shape index (κ3) is 7.35. The summed E-state index contributed by atoms with van der Waals surface area (Å²) in [4.78, 5) is 28.8. The normalized spacial score (nSPS) is 14.5. The monoisotopic (exact) mass is 500 g/mol. The van der Waals surface area contributed by atoms with Crippen molar-refractivity contribution in [2.75, 3.05) is 31.1 Å². The minimum atomic E-state index is -0.975. The van der Waals surface area contributed by atoms with Crippen LogP contribution in [0.2, 0.25) is 0 Å². The van der Waals surface area contributed by atoms with Gasteiger partial charge < -0.3 is 19.6 Å². The van der Waals surface area contributed by atoms with Gasteiger partial charge in [-0.3, -0.25) is 4.79 Å². The molecular formula is C31H36N2O4. The molecule has 0 spiro atoms. The number of anilines is 1. The van der Waals surface area contributed by atoms with Gasteiger partial charge in [-0.15, -0.1) is 0 Å². The number of ether oxygens (including phenoxy) is 1. The van der Waals surface area contributed by atoms with E-state index < -0.39 is 5.97 Å². The average Bonchev–Trinajstić information content (AvgIpc) is 2.92. The molecule has 6 nitrogen and oxygen atoms in total. The zero-order valence-electron chi connectivity index (χ0n) is 21.5. The van der Waals surface area contributed by atoms with Gasteiger partial charge in [-0.2, -0.15) is 0 Å². The molecule has 0 saturated carbocycles. The van der Waals surface area contributed by atoms with Crippen molar-refractivity contribution in [3.63, 3.8) is 0 Å². The Bertz CT molecular complexity index is 1170. The highest BCUT2D eigenvalue weighted by atomic mass is 16.5. The Morgan fingerprint density at radius 1 is 0.973 bits per heavy atom. The van der Waals surface area contributed by atoms with Gasteiger partial charge in [0.05, 0.1) is 6.54 Å². The van der Waals surface area contributed by atoms with Crippen molar-refractivity contribution in [1.29, 1.82) is 0 Å². The number of nitrogens with zero attached hydrogens (tertiary/aromatic N) is 2. The second-order valence-electron chi connectivity index (χ2n) is 9.70. The van der Waals surface area contributed by atoms with Crippen LogP contribution in [0.5, 0.6) is 5.75 Å². The highest BCUT2D eigenvalue weighted by molar-refractivity contribution is 5.81. The Kier molecular flexibility index (Phi) is 9.19. The lowest BCUT2D eigenvalue weighted by molar-refractivity contribution is -0.139. The number of amides is 1. The van der Waals surface area contributed by atoms with Gasteiger partial charge in [0.1, 0.15) is 5.75 Å². The van der Waals surface area contributed by atoms with Crippen LogP contribution in [0.1, 0.15) is 36.5 Å². The van der Waals surface area contributed by atoms with Crippen LogP contribution in [0.25, 0.3) is 0 Å². The standard InChI is InChI=1S/C31H36N2O4/c1-2-18-32(21-25-16-17-28-26(19-25)12-9-15-29(28)37-23-31(35)36)30(34)22-33(27-13-7-4-8-14-27)20-24-10-5-3-6-11-24/h3-15,25H,2,16-23H2,1H3,(H,35,36). The summed E-state index contributed by atoms with van der Waals surface area (Å²) in [7, 11) is 0. The van der Waals surface area contributed by atoms with Gasteiger partial charge in [0.2, 0.25) is 5.91 Å². The van der Waals surface area contributed by atoms with Crippen molar-refractivity contribution >= 4 is 17.6 Å². The number of hydrogen-bond acceptors (Lipinski definition) is 4. The van der Waals surface area contributed by atoms with E-state index in [0.717, 1.165) is 50.0 Å². The Balaban J connectivity index is 1.44. The first kappa shape index (κ1) is 26.3. The first-order chi connectivity index (χ1) is 18.0. The third-order valence-corrected chi connectivity index (χ3v) is 6.88. The molecular weight excluding hydrogens is 464 g/mol. The summed E-state index contributed by atoms with van der Waals surface area (Å²) in [6, 6.07) is 26.3. The molecule has 0 aromatic heterocycles. The fourth-order valence-electron chi connectivity index (χ4n) is 5.12. The summed E-state index contributed by atoms with van der Waals surface area (Å²) in [5.74, 6) is 0.194. The molecule has 0 fully saturated rings. The molecule has 1 unspecified atom stereocenters. The zero-order chi connectivity index (χ0) is 26.0. The number of para-hydroxylation sites is 1. The van der Waals surface area contributed by atoms with Crippen LogP contribution in [-0.2, 0) is 29.0 Å². The van der Waals surface area contributed by atoms with E-state index >= 15 is 0 Å². The number of carbonyl (C=O) groups excluding carboxylic acids is 1. The highest BCUT2D eigenvalue weighted by Crippen LogP contribution is 2.33. The second kappa shape index (κ2) is 12.9. The smallest absolute Gasteiger partial charge is 0.341 e. The molecule has 1 aliphatic rings. The first-order valence-electron chi connectivity index (χ1n) is 13.1. The molecule has 0 bridgehead atoms. The lowest BCUT2D eigenvalue weighted by atomic mass is 9.83. The molecule has 0 saturated heterocycles. The summed E-state index contributed by atoms with van der Waals surface area (Å²) in [6.07, 6.45) is 3.54. The van der Waals surface area contributed by atoms with Gasteiger partial charge in [-0.25, -0.2) is 4.79 Å². The maximum Gasteiger partial charge on any atom is 0.341 e. The average molecular weight is 501 g/mol. The minimum absolute atomic E-state index is 0.144. The predicted molar refractivity (Wildman–Crippen MR) is 146 cm³/mol. The summed E-state index contributed by atoms with van der Waals surface area (Å²) in [5, 5.41) is 8.97. The predicted octanol–water partition coefficient (Wildman–Crippen LogP) is 5.20. The molecule has 3 aromatic carbocycles. The van der Waals surface area contributed by atoms with E-state index in [9.17, 15) is 9.59 Å². The van der Waals surface area contributed by atoms with E-state index in [4.69, 9.17) is 9.84 Å². The molecule has 0 radical (unpaired) electrons. The highest BCUT2D eigenvalue weighted by Gasteiger charge is 2.26. The SMILES string of the molecule is CCCN(CC1CCc2c(cccc2OCC(=O)O)C1)C(=O)CN(Cc1ccccc1)c1ccccc1. The van der Waals surface area contributed by atoms with E-state index in [1.807, 2.05) is 53.4 Å². The molecule has 0 heterocycles. The minimum Gasteiger partial charge on any atom is -0.482 e. The van der Waals surface area contributed by atoms with Crippen LogP contribution in [-0.4, -0.2) is 48.1 Å². The number of fused-ring (bicyclic) bond motifs is 1. The second-order valence-corrected chi connectivity index (χ2v) is 9.70. The fourth-order valence-corrected chi connectivity index (χ4v) is 5.12. The van der Waals surface area contributed by atoms with Gasteiger partial charge in [0.25, 0.3) is 0 Å². The van der Waals surface area contributed by atoms with Crippen LogP contribution >= 0.6 is 0 Å². The molecule has 0 aliphatic heterocycles. The van der Waals surface area contributed by atoms with Crippen LogP contribution in [0.15, 0.2) is 78.9 Å². The molecule has 37 heavy (non-hydrogen) atoms. The largest absolute Gasteiger partial charge is 0.482 e. The lowest BCUT2D eigenvalue weighted by Gasteiger charge is -2.33. The van der Waals surface area contributed by atoms with Crippen LogP contribution in [0, 0.1) is 5.92 Å². The van der Waals surface area contributed by atoms with Crippen molar-refractivity contribution in [2.45, 2.75) is 39.2 Å². The number of carboxylic acids is 1. The lowest BCUT2D eigenvalue weighted by Crippen LogP contribution is -2.43. The topological polar surface area (TPSA) is 70.1 Å². The van der Waals surface area contributed by atoms with E-state index in [0.29, 0.717) is 24.8 Å². The van der Waals surface area contributed by atoms with Gasteiger partial charge in [0, 0.05) is 25.3 Å². The van der Waals surface area contributed by atoms with Crippen molar-refractivity contribution in [3.05, 3.63) is 95.6 Å². The van der Waals surface area contributed by atoms with Gasteiger partial charge in [-0.05, 0) is 66.5 Å². The molecule has 1 amide bonds. The maximum absolute atomic E-state index is 13.6. The van der Waals surface area contributed by atoms with Crippen LogP contribution < -0.4 is 9.64 Å². The molecule has 6 heteroatoms. The summed E-state index contributed by atoms with van der Waals surface area (Å²) < 4.78 is 5.52. The van der Waals surface area contributed by atoms with E-state index in [1.165, 1.54) is 11.1 Å². The fraction of sp³-hybridized carbons (Fsp3) is 0.355. The maximum atomic E-state index is 13.6. The van der Waals surface area contributed by atoms with E-state index in [-0.39, 0.29) is 12.5 Å². The molecule has 4 rings (SSSR count). The molecule has 1 N–H and O–H groups in total. The van der Waals surface area contributed by atoms with Crippen LogP contribution in [0.3, 0.4) is 0 Å². The quantitative estimate of drug-likeness (QED) is 0.370. The van der Waals surface area contributed by atoms with Crippen LogP contribution in [0.4, 0.5) is 5.69 Å². The van der Waals surface area contributed by atoms with E-state index in [1.54, 1.807) is 0 Å². The number of carboxylic acid groups (broad SMARTS) is 1. The van der Waals surface area contributed by atoms with E-state index in [2.05, 4.69) is 42.2 Å². The Morgan fingerprint density at radius 2 is 1.70 bits per heavy atom. The number of benzene rings is 3. The number of aliphatic carboxylic acids is 1. The molecule has 194 valence electrons. The summed E-state index contributed by atoms with van der Waals surface area (Å²) in [5.41, 5.74) is 4.51. The summed E-state index contributed by atoms with van der Waals surface area (Å²) >= 11 is 0. The number of carbonyl (C=O) groups is 2. The third-order valence-electron chi connectivity index (χ3n) is 6.88. The molecule has 1 atom stereocenters. The van der Waals surface area contributed by atoms with Crippen molar-refractivity contribution in [3.8, 4) is 5.75 Å². The summed E-state index contributed by atoms with van der Waals surface area (Å²) in [6.45, 7) is 4.24. The van der Waals surface area contributed by atoms with Crippen molar-refractivity contribution in [2.24, 2.45) is 5.92 Å². The number of hydrogen-bond donors (Lipinski definition) is 1. The number of rotatable bonds is 12. The van der Waals surface area contributed by atoms with Gasteiger partial charge in [-0.1, -0.05) is 67.6 Å². The molecule has 3 aromatic rings. The van der Waals surface area contributed by atoms with Crippen molar-refractivity contribution < 1.29 is 19.4 Å². The van der Waals surface area contributed by atoms with Gasteiger partial charge in [0.15, 0.2) is 6.61 Å². The Labute approximate surface area is 219 Å². The first-order valence-corrected chi connectivity index (χ1v) is 13.1.